The first-order valence-electron chi connectivity index (χ1n) is 3.79. The Bertz CT molecular complexity index is 306. The maximum absolute atomic E-state index is 5.48. The molecule has 2 N–H and O–H groups in total. The summed E-state index contributed by atoms with van der Waals surface area (Å²) in [5.74, 6) is 0.329. The van der Waals surface area contributed by atoms with Crippen LogP contribution < -0.4 is 5.73 Å². The summed E-state index contributed by atoms with van der Waals surface area (Å²) in [7, 11) is 0. The first-order chi connectivity index (χ1) is 5.52. The van der Waals surface area contributed by atoms with Crippen LogP contribution in [-0.2, 0) is 0 Å². The van der Waals surface area contributed by atoms with Gasteiger partial charge < -0.3 is 5.73 Å². The summed E-state index contributed by atoms with van der Waals surface area (Å²) in [6, 6.07) is 0. The molecule has 0 saturated carbocycles. The lowest BCUT2D eigenvalue weighted by molar-refractivity contribution is 1.05. The van der Waals surface area contributed by atoms with Gasteiger partial charge in [0.2, 0.25) is 5.95 Å². The van der Waals surface area contributed by atoms with Gasteiger partial charge >= 0.3 is 0 Å². The third-order valence-corrected chi connectivity index (χ3v) is 1.71. The number of hydrogen-bond donors (Lipinski definition) is 1. The van der Waals surface area contributed by atoms with Gasteiger partial charge in [0, 0.05) is 5.56 Å². The summed E-state index contributed by atoms with van der Waals surface area (Å²) in [5.41, 5.74) is 9.26. The molecule has 1 aromatic rings. The van der Waals surface area contributed by atoms with Gasteiger partial charge in [0.1, 0.15) is 0 Å². The third kappa shape index (κ3) is 1.44. The quantitative estimate of drug-likeness (QED) is 0.685. The largest absolute Gasteiger partial charge is 0.368 e. The molecule has 0 saturated heterocycles. The molecule has 3 heteroatoms. The van der Waals surface area contributed by atoms with Crippen LogP contribution in [0.3, 0.4) is 0 Å². The number of nitrogens with two attached hydrogens (primary N) is 1. The van der Waals surface area contributed by atoms with E-state index in [1.165, 1.54) is 0 Å². The number of aryl methyl sites for hydroxylation is 2. The molecule has 0 aromatic carbocycles. The van der Waals surface area contributed by atoms with Crippen LogP contribution in [0.4, 0.5) is 5.95 Å². The summed E-state index contributed by atoms with van der Waals surface area (Å²) in [5, 5.41) is 0. The molecule has 0 spiro atoms. The molecule has 1 aromatic heterocycles. The van der Waals surface area contributed by atoms with Gasteiger partial charge in [-0.2, -0.15) is 0 Å². The maximum Gasteiger partial charge on any atom is 0.220 e. The van der Waals surface area contributed by atoms with E-state index in [0.717, 1.165) is 22.5 Å². The summed E-state index contributed by atoms with van der Waals surface area (Å²) >= 11 is 0. The van der Waals surface area contributed by atoms with Crippen LogP contribution in [0.15, 0.2) is 6.58 Å². The molecule has 1 rings (SSSR count). The van der Waals surface area contributed by atoms with Crippen molar-refractivity contribution in [2.75, 3.05) is 5.73 Å². The number of anilines is 1. The number of nitrogen functional groups attached to an aromatic ring is 1. The normalized spacial score (nSPS) is 9.92. The minimum atomic E-state index is 0.329. The SMILES string of the molecule is C=C(C)c1c(C)nc(N)nc1C. The molecular weight excluding hydrogens is 150 g/mol. The van der Waals surface area contributed by atoms with Crippen molar-refractivity contribution in [1.29, 1.82) is 0 Å². The van der Waals surface area contributed by atoms with Crippen LogP contribution in [0.25, 0.3) is 5.57 Å². The Hall–Kier alpha value is -1.38. The van der Waals surface area contributed by atoms with E-state index in [1.54, 1.807) is 0 Å². The van der Waals surface area contributed by atoms with Crippen molar-refractivity contribution in [2.45, 2.75) is 20.8 Å². The second-order valence-electron chi connectivity index (χ2n) is 2.91. The highest BCUT2D eigenvalue weighted by molar-refractivity contribution is 5.65. The summed E-state index contributed by atoms with van der Waals surface area (Å²) in [4.78, 5) is 8.12. The fraction of sp³-hybridized carbons (Fsp3) is 0.333. The number of hydrogen-bond acceptors (Lipinski definition) is 3. The van der Waals surface area contributed by atoms with Gasteiger partial charge in [-0.25, -0.2) is 9.97 Å². The fourth-order valence-electron chi connectivity index (χ4n) is 1.36. The topological polar surface area (TPSA) is 51.8 Å². The molecule has 0 aliphatic carbocycles. The zero-order valence-electron chi connectivity index (χ0n) is 7.68. The van der Waals surface area contributed by atoms with Crippen molar-refractivity contribution >= 4 is 11.5 Å². The number of allylic oxidation sites excluding steroid dienone is 1. The zero-order chi connectivity index (χ0) is 9.30. The van der Waals surface area contributed by atoms with Crippen LogP contribution in [0.2, 0.25) is 0 Å². The Balaban J connectivity index is 3.38. The average Bonchev–Trinajstić information content (AvgIpc) is 1.82. The molecule has 64 valence electrons. The number of rotatable bonds is 1. The molecule has 0 bridgehead atoms. The lowest BCUT2D eigenvalue weighted by Gasteiger charge is -2.07. The van der Waals surface area contributed by atoms with Crippen LogP contribution in [-0.4, -0.2) is 9.97 Å². The molecule has 1 heterocycles. The summed E-state index contributed by atoms with van der Waals surface area (Å²) < 4.78 is 0. The second kappa shape index (κ2) is 2.93. The maximum atomic E-state index is 5.48. The monoisotopic (exact) mass is 163 g/mol. The van der Waals surface area contributed by atoms with Crippen LogP contribution in [0.1, 0.15) is 23.9 Å². The highest BCUT2D eigenvalue weighted by Crippen LogP contribution is 2.18. The van der Waals surface area contributed by atoms with E-state index in [4.69, 9.17) is 5.73 Å². The third-order valence-electron chi connectivity index (χ3n) is 1.71. The van der Waals surface area contributed by atoms with E-state index < -0.39 is 0 Å². The van der Waals surface area contributed by atoms with Gasteiger partial charge in [0.15, 0.2) is 0 Å². The number of nitrogens with zero attached hydrogens (tertiary/aromatic N) is 2. The van der Waals surface area contributed by atoms with Crippen LogP contribution in [0.5, 0.6) is 0 Å². The van der Waals surface area contributed by atoms with Gasteiger partial charge in [-0.05, 0) is 26.3 Å². The van der Waals surface area contributed by atoms with Gasteiger partial charge in [-0.1, -0.05) is 6.58 Å². The molecule has 0 amide bonds. The van der Waals surface area contributed by atoms with Gasteiger partial charge in [0.25, 0.3) is 0 Å². The van der Waals surface area contributed by atoms with E-state index in [0.29, 0.717) is 5.95 Å². The summed E-state index contributed by atoms with van der Waals surface area (Å²) in [6.07, 6.45) is 0. The van der Waals surface area contributed by atoms with E-state index >= 15 is 0 Å². The Kier molecular flexibility index (Phi) is 2.13. The second-order valence-corrected chi connectivity index (χ2v) is 2.91. The highest BCUT2D eigenvalue weighted by atomic mass is 15.0. The van der Waals surface area contributed by atoms with Crippen LogP contribution >= 0.6 is 0 Å². The lowest BCUT2D eigenvalue weighted by Crippen LogP contribution is -2.03. The highest BCUT2D eigenvalue weighted by Gasteiger charge is 2.06. The molecule has 3 nitrogen and oxygen atoms in total. The van der Waals surface area contributed by atoms with E-state index in [9.17, 15) is 0 Å². The van der Waals surface area contributed by atoms with Crippen LogP contribution in [0, 0.1) is 13.8 Å². The van der Waals surface area contributed by atoms with Crippen molar-refractivity contribution in [3.05, 3.63) is 23.5 Å². The molecule has 0 unspecified atom stereocenters. The molecule has 0 fully saturated rings. The Labute approximate surface area is 72.3 Å². The molecule has 0 aliphatic heterocycles. The fourth-order valence-corrected chi connectivity index (χ4v) is 1.36. The molecule has 0 aliphatic rings. The molecule has 0 atom stereocenters. The van der Waals surface area contributed by atoms with E-state index in [2.05, 4.69) is 16.5 Å². The molecular formula is C9H13N3. The standard InChI is InChI=1S/C9H13N3/c1-5(2)8-6(3)11-9(10)12-7(8)4/h1H2,2-4H3,(H2,10,11,12). The minimum absolute atomic E-state index is 0.329. The van der Waals surface area contributed by atoms with E-state index in [-0.39, 0.29) is 0 Å². The van der Waals surface area contributed by atoms with Crippen molar-refractivity contribution in [2.24, 2.45) is 0 Å². The Morgan fingerprint density at radius 1 is 1.25 bits per heavy atom. The Morgan fingerprint density at radius 2 is 1.67 bits per heavy atom. The molecule has 0 radical (unpaired) electrons. The Morgan fingerprint density at radius 3 is 2.00 bits per heavy atom. The van der Waals surface area contributed by atoms with Crippen molar-refractivity contribution in [3.8, 4) is 0 Å². The smallest absolute Gasteiger partial charge is 0.220 e. The predicted octanol–water partition coefficient (Wildman–Crippen LogP) is 1.71. The molecule has 12 heavy (non-hydrogen) atoms. The summed E-state index contributed by atoms with van der Waals surface area (Å²) in [6.45, 7) is 9.62. The minimum Gasteiger partial charge on any atom is -0.368 e. The van der Waals surface area contributed by atoms with Gasteiger partial charge in [-0.15, -0.1) is 0 Å². The lowest BCUT2D eigenvalue weighted by atomic mass is 10.1. The zero-order valence-corrected chi connectivity index (χ0v) is 7.68. The predicted molar refractivity (Wildman–Crippen MR) is 50.6 cm³/mol. The number of aromatic nitrogens is 2. The average molecular weight is 163 g/mol. The first-order valence-corrected chi connectivity index (χ1v) is 3.79. The van der Waals surface area contributed by atoms with Crippen molar-refractivity contribution in [1.82, 2.24) is 9.97 Å². The van der Waals surface area contributed by atoms with Gasteiger partial charge in [0.05, 0.1) is 11.4 Å². The van der Waals surface area contributed by atoms with Crippen molar-refractivity contribution in [3.63, 3.8) is 0 Å². The first kappa shape index (κ1) is 8.71. The van der Waals surface area contributed by atoms with E-state index in [1.807, 2.05) is 20.8 Å². The van der Waals surface area contributed by atoms with Gasteiger partial charge in [-0.3, -0.25) is 0 Å². The van der Waals surface area contributed by atoms with Crippen molar-refractivity contribution < 1.29 is 0 Å².